The van der Waals surface area contributed by atoms with E-state index >= 15 is 0 Å². The maximum atomic E-state index is 13.3. The minimum atomic E-state index is -1.26. The number of aromatic amines is 1. The van der Waals surface area contributed by atoms with Gasteiger partial charge in [-0.2, -0.15) is 0 Å². The Morgan fingerprint density at radius 2 is 1.68 bits per heavy atom. The van der Waals surface area contributed by atoms with Crippen LogP contribution >= 0.6 is 0 Å². The van der Waals surface area contributed by atoms with Crippen LogP contribution in [0.25, 0.3) is 11.1 Å². The van der Waals surface area contributed by atoms with E-state index in [1.807, 2.05) is 67.7 Å². The number of carbonyl (C=O) groups is 1. The number of Topliss-reactive ketones (excluding diaryl/α,β-unsaturated/α-hetero) is 1. The number of nitrogens with one attached hydrogen (secondary N) is 1. The molecule has 1 heterocycles. The number of aryl methyl sites for hydroxylation is 1. The number of H-pyrrole nitrogens is 1. The first-order valence-corrected chi connectivity index (χ1v) is 8.69. The number of fused-ring (bicyclic) bond motifs is 1. The molecule has 2 aliphatic carbocycles. The molecule has 25 heavy (non-hydrogen) atoms. The fourth-order valence-corrected chi connectivity index (χ4v) is 4.36. The molecule has 2 aromatic carbocycles. The minimum Gasteiger partial charge on any atom is -0.378 e. The Bertz CT molecular complexity index is 981. The van der Waals surface area contributed by atoms with E-state index in [2.05, 4.69) is 4.98 Å². The van der Waals surface area contributed by atoms with Crippen LogP contribution in [0.3, 0.4) is 0 Å². The number of ketones is 1. The van der Waals surface area contributed by atoms with Crippen molar-refractivity contribution in [2.24, 2.45) is 5.41 Å². The lowest BCUT2D eigenvalue weighted by atomic mass is 9.80. The zero-order valence-corrected chi connectivity index (χ0v) is 14.0. The molecule has 1 spiro atoms. The van der Waals surface area contributed by atoms with Crippen LogP contribution in [-0.2, 0) is 5.60 Å². The number of hydrogen-bond donors (Lipinski definition) is 2. The maximum Gasteiger partial charge on any atom is 0.175 e. The molecule has 0 aliphatic heterocycles. The zero-order valence-electron chi connectivity index (χ0n) is 14.0. The van der Waals surface area contributed by atoms with Gasteiger partial charge >= 0.3 is 0 Å². The fourth-order valence-electron chi connectivity index (χ4n) is 4.36. The van der Waals surface area contributed by atoms with Gasteiger partial charge in [0.1, 0.15) is 5.60 Å². The lowest BCUT2D eigenvalue weighted by molar-refractivity contribution is 0.0149. The van der Waals surface area contributed by atoms with Gasteiger partial charge < -0.3 is 10.1 Å². The van der Waals surface area contributed by atoms with Gasteiger partial charge in [-0.15, -0.1) is 0 Å². The van der Waals surface area contributed by atoms with Crippen LogP contribution in [0.1, 0.15) is 40.0 Å². The average Bonchev–Trinajstić information content (AvgIpc) is 3.31. The van der Waals surface area contributed by atoms with Crippen molar-refractivity contribution in [3.05, 3.63) is 83.2 Å². The molecule has 2 N–H and O–H groups in total. The Balaban J connectivity index is 1.74. The second-order valence-corrected chi connectivity index (χ2v) is 7.31. The van der Waals surface area contributed by atoms with Crippen molar-refractivity contribution < 1.29 is 9.90 Å². The largest absolute Gasteiger partial charge is 0.378 e. The van der Waals surface area contributed by atoms with Crippen molar-refractivity contribution in [2.75, 3.05) is 0 Å². The molecule has 1 fully saturated rings. The average molecular weight is 329 g/mol. The number of benzene rings is 2. The van der Waals surface area contributed by atoms with Gasteiger partial charge in [0.2, 0.25) is 0 Å². The van der Waals surface area contributed by atoms with Crippen molar-refractivity contribution >= 4 is 5.78 Å². The molecule has 3 heteroatoms. The Kier molecular flexibility index (Phi) is 2.76. The SMILES string of the molecule is Cc1ccc(-c2c[nH]c3c2C(=O)C2(CC2)C3(O)c2ccccc2)cc1. The van der Waals surface area contributed by atoms with Gasteiger partial charge in [0.15, 0.2) is 5.78 Å². The number of rotatable bonds is 2. The number of hydrogen-bond acceptors (Lipinski definition) is 2. The Hall–Kier alpha value is -2.65. The molecule has 1 aromatic heterocycles. The third-order valence-electron chi connectivity index (χ3n) is 5.90. The molecule has 0 bridgehead atoms. The summed E-state index contributed by atoms with van der Waals surface area (Å²) in [6, 6.07) is 17.7. The van der Waals surface area contributed by atoms with Gasteiger partial charge in [-0.25, -0.2) is 0 Å². The maximum absolute atomic E-state index is 13.3. The Morgan fingerprint density at radius 3 is 2.32 bits per heavy atom. The lowest BCUT2D eigenvalue weighted by Crippen LogP contribution is -2.37. The first kappa shape index (κ1) is 14.7. The molecular weight excluding hydrogens is 310 g/mol. The van der Waals surface area contributed by atoms with Gasteiger partial charge in [0.25, 0.3) is 0 Å². The van der Waals surface area contributed by atoms with E-state index in [1.165, 1.54) is 5.56 Å². The summed E-state index contributed by atoms with van der Waals surface area (Å²) in [5.41, 5.74) is 3.21. The van der Waals surface area contributed by atoms with E-state index in [0.29, 0.717) is 11.3 Å². The Morgan fingerprint density at radius 1 is 1.00 bits per heavy atom. The normalized spacial score (nSPS) is 23.0. The highest BCUT2D eigenvalue weighted by Gasteiger charge is 2.71. The minimum absolute atomic E-state index is 0.0747. The van der Waals surface area contributed by atoms with E-state index in [0.717, 1.165) is 29.5 Å². The molecule has 0 saturated heterocycles. The first-order chi connectivity index (χ1) is 12.1. The van der Waals surface area contributed by atoms with Gasteiger partial charge in [-0.1, -0.05) is 60.2 Å². The number of aliphatic hydroxyl groups is 1. The van der Waals surface area contributed by atoms with Crippen molar-refractivity contribution in [1.29, 1.82) is 0 Å². The zero-order chi connectivity index (χ0) is 17.2. The van der Waals surface area contributed by atoms with E-state index < -0.39 is 11.0 Å². The molecule has 1 saturated carbocycles. The second kappa shape index (κ2) is 4.70. The second-order valence-electron chi connectivity index (χ2n) is 7.31. The van der Waals surface area contributed by atoms with E-state index in [9.17, 15) is 9.90 Å². The Labute approximate surface area is 146 Å². The van der Waals surface area contributed by atoms with Crippen molar-refractivity contribution in [3.63, 3.8) is 0 Å². The molecule has 1 atom stereocenters. The van der Waals surface area contributed by atoms with Gasteiger partial charge in [-0.05, 0) is 30.9 Å². The predicted octanol–water partition coefficient (Wildman–Crippen LogP) is 4.20. The molecule has 5 rings (SSSR count). The molecule has 0 radical (unpaired) electrons. The molecule has 0 amide bonds. The smallest absolute Gasteiger partial charge is 0.175 e. The summed E-state index contributed by atoms with van der Waals surface area (Å²) < 4.78 is 0. The van der Waals surface area contributed by atoms with Crippen molar-refractivity contribution in [1.82, 2.24) is 4.98 Å². The summed E-state index contributed by atoms with van der Waals surface area (Å²) in [4.78, 5) is 16.6. The summed E-state index contributed by atoms with van der Waals surface area (Å²) >= 11 is 0. The topological polar surface area (TPSA) is 53.1 Å². The van der Waals surface area contributed by atoms with Gasteiger partial charge in [0.05, 0.1) is 16.7 Å². The summed E-state index contributed by atoms with van der Waals surface area (Å²) in [6.45, 7) is 2.05. The molecule has 1 unspecified atom stereocenters. The predicted molar refractivity (Wildman–Crippen MR) is 96.4 cm³/mol. The quantitative estimate of drug-likeness (QED) is 0.740. The summed E-state index contributed by atoms with van der Waals surface area (Å²) in [6.07, 6.45) is 3.32. The number of aromatic nitrogens is 1. The van der Waals surface area contributed by atoms with Crippen LogP contribution in [0.5, 0.6) is 0 Å². The molecule has 124 valence electrons. The van der Waals surface area contributed by atoms with E-state index in [1.54, 1.807) is 0 Å². The highest BCUT2D eigenvalue weighted by atomic mass is 16.3. The highest BCUT2D eigenvalue weighted by molar-refractivity contribution is 6.13. The summed E-state index contributed by atoms with van der Waals surface area (Å²) in [5.74, 6) is 0.0747. The van der Waals surface area contributed by atoms with Crippen LogP contribution in [0, 0.1) is 12.3 Å². The van der Waals surface area contributed by atoms with Crippen LogP contribution in [0.4, 0.5) is 0 Å². The fraction of sp³-hybridized carbons (Fsp3) is 0.227. The van der Waals surface area contributed by atoms with Gasteiger partial charge in [0, 0.05) is 11.8 Å². The lowest BCUT2D eigenvalue weighted by Gasteiger charge is -2.30. The highest BCUT2D eigenvalue weighted by Crippen LogP contribution is 2.67. The standard InChI is InChI=1S/C22H19NO2/c1-14-7-9-15(10-8-14)17-13-23-19-18(17)20(24)21(11-12-21)22(19,25)16-5-3-2-4-6-16/h2-10,13,23,25H,11-12H2,1H3. The van der Waals surface area contributed by atoms with Crippen LogP contribution < -0.4 is 0 Å². The molecular formula is C22H19NO2. The molecule has 2 aliphatic rings. The van der Waals surface area contributed by atoms with Crippen LogP contribution in [0.2, 0.25) is 0 Å². The van der Waals surface area contributed by atoms with Crippen LogP contribution in [-0.4, -0.2) is 15.9 Å². The van der Waals surface area contributed by atoms with Crippen LogP contribution in [0.15, 0.2) is 60.8 Å². The van der Waals surface area contributed by atoms with Gasteiger partial charge in [-0.3, -0.25) is 4.79 Å². The molecule has 3 nitrogen and oxygen atoms in total. The van der Waals surface area contributed by atoms with Crippen molar-refractivity contribution in [3.8, 4) is 11.1 Å². The van der Waals surface area contributed by atoms with Crippen molar-refractivity contribution in [2.45, 2.75) is 25.4 Å². The summed E-state index contributed by atoms with van der Waals surface area (Å²) in [7, 11) is 0. The summed E-state index contributed by atoms with van der Waals surface area (Å²) in [5, 5.41) is 11.7. The third-order valence-corrected chi connectivity index (χ3v) is 5.90. The van der Waals surface area contributed by atoms with E-state index in [4.69, 9.17) is 0 Å². The third kappa shape index (κ3) is 1.71. The number of carbonyl (C=O) groups excluding carboxylic acids is 1. The monoisotopic (exact) mass is 329 g/mol. The van der Waals surface area contributed by atoms with E-state index in [-0.39, 0.29) is 5.78 Å². The first-order valence-electron chi connectivity index (χ1n) is 8.69. The molecule has 3 aromatic rings.